The summed E-state index contributed by atoms with van der Waals surface area (Å²) >= 11 is 3.43. The standard InChI is InChI=1S/C23H26BrN3O2/c1-6-15(2)29-18-9-7-8-16(12-18)14-25-27-21(28)19-13-17(24)10-11-20(19)26-22(27)23(3,4)5/h7-15H,6H2,1-5H3/t15-/m0/s1. The largest absolute Gasteiger partial charge is 0.491 e. The van der Waals surface area contributed by atoms with E-state index in [9.17, 15) is 4.79 Å². The van der Waals surface area contributed by atoms with Crippen LogP contribution in [-0.2, 0) is 5.41 Å². The Balaban J connectivity index is 2.08. The second kappa shape index (κ2) is 8.49. The van der Waals surface area contributed by atoms with Gasteiger partial charge in [-0.05, 0) is 49.2 Å². The summed E-state index contributed by atoms with van der Waals surface area (Å²) in [7, 11) is 0. The van der Waals surface area contributed by atoms with E-state index in [1.807, 2.05) is 64.1 Å². The Morgan fingerprint density at radius 2 is 2.00 bits per heavy atom. The normalized spacial score (nSPS) is 13.2. The molecule has 0 fully saturated rings. The van der Waals surface area contributed by atoms with Gasteiger partial charge in [0.15, 0.2) is 0 Å². The first-order valence-electron chi connectivity index (χ1n) is 9.73. The number of benzene rings is 2. The van der Waals surface area contributed by atoms with Gasteiger partial charge in [-0.15, -0.1) is 0 Å². The molecule has 1 atom stereocenters. The molecule has 0 radical (unpaired) electrons. The van der Waals surface area contributed by atoms with Gasteiger partial charge in [-0.25, -0.2) is 4.98 Å². The van der Waals surface area contributed by atoms with Crippen LogP contribution in [0.25, 0.3) is 10.9 Å². The lowest BCUT2D eigenvalue weighted by Gasteiger charge is -2.20. The van der Waals surface area contributed by atoms with Crippen molar-refractivity contribution in [1.82, 2.24) is 9.66 Å². The number of hydrogen-bond acceptors (Lipinski definition) is 4. The van der Waals surface area contributed by atoms with Crippen LogP contribution in [0.1, 0.15) is 52.4 Å². The number of hydrogen-bond donors (Lipinski definition) is 0. The molecule has 29 heavy (non-hydrogen) atoms. The third-order valence-electron chi connectivity index (χ3n) is 4.57. The maximum Gasteiger partial charge on any atom is 0.282 e. The van der Waals surface area contributed by atoms with Crippen LogP contribution in [0.15, 0.2) is 56.8 Å². The first-order chi connectivity index (χ1) is 13.7. The number of halogens is 1. The van der Waals surface area contributed by atoms with Crippen LogP contribution in [0.4, 0.5) is 0 Å². The van der Waals surface area contributed by atoms with Crippen molar-refractivity contribution < 1.29 is 4.74 Å². The van der Waals surface area contributed by atoms with Gasteiger partial charge in [0, 0.05) is 9.89 Å². The lowest BCUT2D eigenvalue weighted by atomic mass is 9.95. The van der Waals surface area contributed by atoms with Gasteiger partial charge in [-0.2, -0.15) is 9.78 Å². The van der Waals surface area contributed by atoms with E-state index in [1.165, 1.54) is 4.68 Å². The summed E-state index contributed by atoms with van der Waals surface area (Å²) in [6.07, 6.45) is 2.74. The highest BCUT2D eigenvalue weighted by atomic mass is 79.9. The lowest BCUT2D eigenvalue weighted by molar-refractivity contribution is 0.217. The predicted octanol–water partition coefficient (Wildman–Crippen LogP) is 5.52. The van der Waals surface area contributed by atoms with E-state index in [1.54, 1.807) is 12.3 Å². The van der Waals surface area contributed by atoms with Crippen molar-refractivity contribution in [3.63, 3.8) is 0 Å². The van der Waals surface area contributed by atoms with E-state index in [4.69, 9.17) is 9.72 Å². The summed E-state index contributed by atoms with van der Waals surface area (Å²) in [6, 6.07) is 13.2. The highest BCUT2D eigenvalue weighted by molar-refractivity contribution is 9.10. The number of aromatic nitrogens is 2. The van der Waals surface area contributed by atoms with E-state index in [-0.39, 0.29) is 17.1 Å². The van der Waals surface area contributed by atoms with Gasteiger partial charge in [-0.1, -0.05) is 55.8 Å². The van der Waals surface area contributed by atoms with Crippen LogP contribution >= 0.6 is 15.9 Å². The molecule has 0 unspecified atom stereocenters. The van der Waals surface area contributed by atoms with E-state index < -0.39 is 0 Å². The molecule has 3 rings (SSSR count). The van der Waals surface area contributed by atoms with Gasteiger partial charge in [0.05, 0.1) is 23.2 Å². The molecule has 1 heterocycles. The quantitative estimate of drug-likeness (QED) is 0.476. The molecular formula is C23H26BrN3O2. The topological polar surface area (TPSA) is 56.5 Å². The Bertz CT molecular complexity index is 1110. The Hall–Kier alpha value is -2.47. The number of nitrogens with zero attached hydrogens (tertiary/aromatic N) is 3. The van der Waals surface area contributed by atoms with Crippen LogP contribution in [0.3, 0.4) is 0 Å². The van der Waals surface area contributed by atoms with Gasteiger partial charge in [0.25, 0.3) is 5.56 Å². The summed E-state index contributed by atoms with van der Waals surface area (Å²) < 4.78 is 8.11. The zero-order valence-corrected chi connectivity index (χ0v) is 19.0. The molecule has 6 heteroatoms. The molecule has 0 spiro atoms. The molecule has 152 valence electrons. The fourth-order valence-electron chi connectivity index (χ4n) is 2.85. The van der Waals surface area contributed by atoms with E-state index in [0.29, 0.717) is 16.7 Å². The van der Waals surface area contributed by atoms with E-state index in [2.05, 4.69) is 28.0 Å². The van der Waals surface area contributed by atoms with Crippen molar-refractivity contribution >= 4 is 33.0 Å². The number of fused-ring (bicyclic) bond motifs is 1. The Morgan fingerprint density at radius 1 is 1.24 bits per heavy atom. The molecule has 0 aliphatic carbocycles. The van der Waals surface area contributed by atoms with Crippen LogP contribution < -0.4 is 10.3 Å². The average Bonchev–Trinajstić information content (AvgIpc) is 2.67. The van der Waals surface area contributed by atoms with Crippen molar-refractivity contribution in [2.45, 2.75) is 52.6 Å². The minimum Gasteiger partial charge on any atom is -0.491 e. The monoisotopic (exact) mass is 455 g/mol. The molecule has 2 aromatic carbocycles. The van der Waals surface area contributed by atoms with Crippen molar-refractivity contribution in [3.8, 4) is 5.75 Å². The Kier molecular flexibility index (Phi) is 6.22. The van der Waals surface area contributed by atoms with Gasteiger partial charge < -0.3 is 4.74 Å². The summed E-state index contributed by atoms with van der Waals surface area (Å²) in [4.78, 5) is 17.9. The second-order valence-electron chi connectivity index (χ2n) is 8.12. The van der Waals surface area contributed by atoms with Crippen LogP contribution in [0.2, 0.25) is 0 Å². The van der Waals surface area contributed by atoms with Gasteiger partial charge in [0.1, 0.15) is 11.6 Å². The molecule has 1 aromatic heterocycles. The van der Waals surface area contributed by atoms with Crippen molar-refractivity contribution in [2.24, 2.45) is 5.10 Å². The fourth-order valence-corrected chi connectivity index (χ4v) is 3.21. The SMILES string of the molecule is CC[C@H](C)Oc1cccc(C=Nn2c(C(C)(C)C)nc3ccc(Br)cc3c2=O)c1. The first-order valence-corrected chi connectivity index (χ1v) is 10.5. The van der Waals surface area contributed by atoms with Crippen molar-refractivity contribution in [3.05, 3.63) is 68.7 Å². The zero-order valence-electron chi connectivity index (χ0n) is 17.4. The molecule has 0 amide bonds. The minimum absolute atomic E-state index is 0.139. The maximum atomic E-state index is 13.2. The maximum absolute atomic E-state index is 13.2. The molecular weight excluding hydrogens is 430 g/mol. The van der Waals surface area contributed by atoms with Crippen molar-refractivity contribution in [2.75, 3.05) is 0 Å². The van der Waals surface area contributed by atoms with E-state index in [0.717, 1.165) is 22.2 Å². The molecule has 0 bridgehead atoms. The second-order valence-corrected chi connectivity index (χ2v) is 9.03. The van der Waals surface area contributed by atoms with Crippen LogP contribution in [0.5, 0.6) is 5.75 Å². The highest BCUT2D eigenvalue weighted by Gasteiger charge is 2.22. The molecule has 5 nitrogen and oxygen atoms in total. The van der Waals surface area contributed by atoms with Gasteiger partial charge >= 0.3 is 0 Å². The predicted molar refractivity (Wildman–Crippen MR) is 122 cm³/mol. The summed E-state index contributed by atoms with van der Waals surface area (Å²) in [5.41, 5.74) is 0.981. The van der Waals surface area contributed by atoms with Gasteiger partial charge in [0.2, 0.25) is 0 Å². The summed E-state index contributed by atoms with van der Waals surface area (Å²) in [5.74, 6) is 1.40. The third kappa shape index (κ3) is 4.93. The first kappa shape index (κ1) is 21.2. The Labute approximate surface area is 179 Å². The zero-order chi connectivity index (χ0) is 21.2. The number of ether oxygens (including phenoxy) is 1. The molecule has 0 aliphatic heterocycles. The van der Waals surface area contributed by atoms with E-state index >= 15 is 0 Å². The molecule has 0 saturated carbocycles. The van der Waals surface area contributed by atoms with Crippen molar-refractivity contribution in [1.29, 1.82) is 0 Å². The fraction of sp³-hybridized carbons (Fsp3) is 0.348. The molecule has 0 saturated heterocycles. The summed E-state index contributed by atoms with van der Waals surface area (Å²) in [5, 5.41) is 5.03. The Morgan fingerprint density at radius 3 is 2.69 bits per heavy atom. The minimum atomic E-state index is -0.348. The molecule has 3 aromatic rings. The molecule has 0 aliphatic rings. The van der Waals surface area contributed by atoms with Crippen LogP contribution in [-0.4, -0.2) is 22.0 Å². The third-order valence-corrected chi connectivity index (χ3v) is 5.06. The number of rotatable bonds is 5. The van der Waals surface area contributed by atoms with Gasteiger partial charge in [-0.3, -0.25) is 4.79 Å². The average molecular weight is 456 g/mol. The lowest BCUT2D eigenvalue weighted by Crippen LogP contribution is -2.29. The smallest absolute Gasteiger partial charge is 0.282 e. The van der Waals surface area contributed by atoms with Crippen LogP contribution in [0, 0.1) is 0 Å². The summed E-state index contributed by atoms with van der Waals surface area (Å²) in [6.45, 7) is 10.2. The highest BCUT2D eigenvalue weighted by Crippen LogP contribution is 2.23. The molecule has 0 N–H and O–H groups in total.